The zero-order valence-corrected chi connectivity index (χ0v) is 13.3. The molecule has 3 rings (SSSR count). The van der Waals surface area contributed by atoms with Gasteiger partial charge in [0, 0.05) is 16.9 Å². The Labute approximate surface area is 129 Å². The molecule has 0 aliphatic heterocycles. The largest absolute Gasteiger partial charge is 0.454 e. The second-order valence-electron chi connectivity index (χ2n) is 6.25. The quantitative estimate of drug-likeness (QED) is 0.583. The Bertz CT molecular complexity index is 815. The SMILES string of the molecule is Cc1cccc2cc(-c3cc(Cl)nc(C(C)(C)C)n3)oc12. The van der Waals surface area contributed by atoms with Crippen molar-refractivity contribution in [3.8, 4) is 11.5 Å². The van der Waals surface area contributed by atoms with Gasteiger partial charge in [-0.25, -0.2) is 9.97 Å². The van der Waals surface area contributed by atoms with Gasteiger partial charge in [0.05, 0.1) is 0 Å². The molecule has 0 atom stereocenters. The molecule has 0 radical (unpaired) electrons. The van der Waals surface area contributed by atoms with Gasteiger partial charge in [0.1, 0.15) is 22.3 Å². The van der Waals surface area contributed by atoms with Crippen LogP contribution in [0.4, 0.5) is 0 Å². The van der Waals surface area contributed by atoms with Gasteiger partial charge < -0.3 is 4.42 Å². The number of benzene rings is 1. The van der Waals surface area contributed by atoms with Crippen molar-refractivity contribution >= 4 is 22.6 Å². The van der Waals surface area contributed by atoms with Crippen LogP contribution in [0.1, 0.15) is 32.2 Å². The van der Waals surface area contributed by atoms with E-state index in [2.05, 4.69) is 30.7 Å². The molecule has 0 saturated heterocycles. The van der Waals surface area contributed by atoms with Crippen molar-refractivity contribution in [1.29, 1.82) is 0 Å². The minimum Gasteiger partial charge on any atom is -0.454 e. The van der Waals surface area contributed by atoms with E-state index in [1.807, 2.05) is 31.2 Å². The number of aromatic nitrogens is 2. The van der Waals surface area contributed by atoms with Gasteiger partial charge >= 0.3 is 0 Å². The van der Waals surface area contributed by atoms with Crippen molar-refractivity contribution in [2.24, 2.45) is 0 Å². The van der Waals surface area contributed by atoms with Gasteiger partial charge in [-0.1, -0.05) is 50.6 Å². The third-order valence-electron chi connectivity index (χ3n) is 3.36. The highest BCUT2D eigenvalue weighted by atomic mass is 35.5. The molecular formula is C17H17ClN2O. The minimum absolute atomic E-state index is 0.165. The third kappa shape index (κ3) is 2.66. The number of fused-ring (bicyclic) bond motifs is 1. The molecular weight excluding hydrogens is 284 g/mol. The highest BCUT2D eigenvalue weighted by Crippen LogP contribution is 2.31. The Kier molecular flexibility index (Phi) is 3.25. The summed E-state index contributed by atoms with van der Waals surface area (Å²) in [6, 6.07) is 9.81. The van der Waals surface area contributed by atoms with Crippen molar-refractivity contribution in [1.82, 2.24) is 9.97 Å². The van der Waals surface area contributed by atoms with E-state index in [1.165, 1.54) is 0 Å². The van der Waals surface area contributed by atoms with E-state index in [0.29, 0.717) is 16.7 Å². The van der Waals surface area contributed by atoms with E-state index in [9.17, 15) is 0 Å². The molecule has 0 fully saturated rings. The molecule has 0 aliphatic rings. The first-order chi connectivity index (χ1) is 9.84. The fraction of sp³-hybridized carbons (Fsp3) is 0.294. The van der Waals surface area contributed by atoms with E-state index in [-0.39, 0.29) is 5.41 Å². The molecule has 0 unspecified atom stereocenters. The summed E-state index contributed by atoms with van der Waals surface area (Å²) in [6.07, 6.45) is 0. The second-order valence-corrected chi connectivity index (χ2v) is 6.64. The van der Waals surface area contributed by atoms with Crippen LogP contribution in [0.2, 0.25) is 5.15 Å². The van der Waals surface area contributed by atoms with Crippen LogP contribution in [-0.4, -0.2) is 9.97 Å². The van der Waals surface area contributed by atoms with Crippen LogP contribution in [0.25, 0.3) is 22.4 Å². The summed E-state index contributed by atoms with van der Waals surface area (Å²) >= 11 is 6.14. The molecule has 3 nitrogen and oxygen atoms in total. The maximum atomic E-state index is 6.14. The molecule has 0 bridgehead atoms. The molecule has 4 heteroatoms. The van der Waals surface area contributed by atoms with E-state index >= 15 is 0 Å². The third-order valence-corrected chi connectivity index (χ3v) is 3.55. The highest BCUT2D eigenvalue weighted by molar-refractivity contribution is 6.29. The number of hydrogen-bond donors (Lipinski definition) is 0. The van der Waals surface area contributed by atoms with Crippen molar-refractivity contribution < 1.29 is 4.42 Å². The Morgan fingerprint density at radius 3 is 2.52 bits per heavy atom. The Balaban J connectivity index is 2.18. The van der Waals surface area contributed by atoms with Crippen LogP contribution in [-0.2, 0) is 5.41 Å². The van der Waals surface area contributed by atoms with Crippen LogP contribution in [0, 0.1) is 6.92 Å². The first-order valence-electron chi connectivity index (χ1n) is 6.89. The second kappa shape index (κ2) is 4.85. The predicted molar refractivity (Wildman–Crippen MR) is 85.7 cm³/mol. The molecule has 108 valence electrons. The van der Waals surface area contributed by atoms with Gasteiger partial charge in [0.25, 0.3) is 0 Å². The van der Waals surface area contributed by atoms with Crippen molar-refractivity contribution in [2.45, 2.75) is 33.1 Å². The van der Waals surface area contributed by atoms with Gasteiger partial charge in [-0.3, -0.25) is 0 Å². The van der Waals surface area contributed by atoms with Crippen LogP contribution in [0.3, 0.4) is 0 Å². The lowest BCUT2D eigenvalue weighted by molar-refractivity contribution is 0.543. The summed E-state index contributed by atoms with van der Waals surface area (Å²) in [7, 11) is 0. The zero-order valence-electron chi connectivity index (χ0n) is 12.6. The Hall–Kier alpha value is -1.87. The number of para-hydroxylation sites is 1. The van der Waals surface area contributed by atoms with Gasteiger partial charge in [-0.05, 0) is 18.6 Å². The van der Waals surface area contributed by atoms with E-state index in [4.69, 9.17) is 16.0 Å². The molecule has 21 heavy (non-hydrogen) atoms. The average Bonchev–Trinajstić information content (AvgIpc) is 2.82. The van der Waals surface area contributed by atoms with Crippen LogP contribution >= 0.6 is 11.6 Å². The summed E-state index contributed by atoms with van der Waals surface area (Å²) in [5.74, 6) is 1.43. The van der Waals surface area contributed by atoms with Crippen molar-refractivity contribution in [2.75, 3.05) is 0 Å². The maximum absolute atomic E-state index is 6.14. The lowest BCUT2D eigenvalue weighted by atomic mass is 9.95. The van der Waals surface area contributed by atoms with Crippen molar-refractivity contribution in [3.05, 3.63) is 46.9 Å². The summed E-state index contributed by atoms with van der Waals surface area (Å²) in [4.78, 5) is 8.93. The molecule has 3 aromatic rings. The maximum Gasteiger partial charge on any atom is 0.153 e. The summed E-state index contributed by atoms with van der Waals surface area (Å²) < 4.78 is 5.96. The summed E-state index contributed by atoms with van der Waals surface area (Å²) in [6.45, 7) is 8.21. The van der Waals surface area contributed by atoms with E-state index in [1.54, 1.807) is 6.07 Å². The number of rotatable bonds is 1. The van der Waals surface area contributed by atoms with E-state index < -0.39 is 0 Å². The van der Waals surface area contributed by atoms with Crippen molar-refractivity contribution in [3.63, 3.8) is 0 Å². The summed E-state index contributed by atoms with van der Waals surface area (Å²) in [5, 5.41) is 1.50. The summed E-state index contributed by atoms with van der Waals surface area (Å²) in [5.41, 5.74) is 2.55. The van der Waals surface area contributed by atoms with Crippen LogP contribution < -0.4 is 0 Å². The smallest absolute Gasteiger partial charge is 0.153 e. The van der Waals surface area contributed by atoms with Gasteiger partial charge in [0.2, 0.25) is 0 Å². The average molecular weight is 301 g/mol. The number of nitrogens with zero attached hydrogens (tertiary/aromatic N) is 2. The Morgan fingerprint density at radius 1 is 1.10 bits per heavy atom. The molecule has 0 aliphatic carbocycles. The minimum atomic E-state index is -0.165. The molecule has 2 aromatic heterocycles. The fourth-order valence-electron chi connectivity index (χ4n) is 2.21. The van der Waals surface area contributed by atoms with Crippen LogP contribution in [0.5, 0.6) is 0 Å². The normalized spacial score (nSPS) is 12.0. The first-order valence-corrected chi connectivity index (χ1v) is 7.27. The number of halogens is 1. The number of hydrogen-bond acceptors (Lipinski definition) is 3. The molecule has 1 aromatic carbocycles. The fourth-order valence-corrected chi connectivity index (χ4v) is 2.40. The zero-order chi connectivity index (χ0) is 15.2. The van der Waals surface area contributed by atoms with Gasteiger partial charge in [-0.15, -0.1) is 0 Å². The van der Waals surface area contributed by atoms with E-state index in [0.717, 1.165) is 22.2 Å². The Morgan fingerprint density at radius 2 is 1.86 bits per heavy atom. The number of aryl methyl sites for hydroxylation is 1. The molecule has 0 saturated carbocycles. The van der Waals surface area contributed by atoms with Gasteiger partial charge in [-0.2, -0.15) is 0 Å². The van der Waals surface area contributed by atoms with Crippen LogP contribution in [0.15, 0.2) is 34.7 Å². The lowest BCUT2D eigenvalue weighted by Gasteiger charge is -2.16. The number of furan rings is 1. The monoisotopic (exact) mass is 300 g/mol. The predicted octanol–water partition coefficient (Wildman–Crippen LogP) is 5.15. The lowest BCUT2D eigenvalue weighted by Crippen LogP contribution is -2.16. The highest BCUT2D eigenvalue weighted by Gasteiger charge is 2.20. The molecule has 0 amide bonds. The molecule has 0 N–H and O–H groups in total. The van der Waals surface area contributed by atoms with Gasteiger partial charge in [0.15, 0.2) is 5.76 Å². The standard InChI is InChI=1S/C17H17ClN2O/c1-10-6-5-7-11-8-13(21-15(10)11)12-9-14(18)20-16(19-12)17(2,3)4/h5-9H,1-4H3. The topological polar surface area (TPSA) is 38.9 Å². The molecule has 2 heterocycles. The first kappa shape index (κ1) is 14.1. The molecule has 0 spiro atoms.